The van der Waals surface area contributed by atoms with Gasteiger partial charge in [0.15, 0.2) is 0 Å². The van der Waals surface area contributed by atoms with Crippen LogP contribution in [0.5, 0.6) is 0 Å². The molecule has 0 aliphatic heterocycles. The first-order valence-electron chi connectivity index (χ1n) is 6.53. The van der Waals surface area contributed by atoms with Crippen molar-refractivity contribution < 1.29 is 17.6 Å². The van der Waals surface area contributed by atoms with Crippen molar-refractivity contribution in [2.24, 2.45) is 5.73 Å². The summed E-state index contributed by atoms with van der Waals surface area (Å²) in [4.78, 5) is 5.27. The number of alkyl halides is 3. The van der Waals surface area contributed by atoms with Crippen molar-refractivity contribution in [3.8, 4) is 0 Å². The van der Waals surface area contributed by atoms with E-state index >= 15 is 0 Å². The Morgan fingerprint density at radius 2 is 2.05 bits per heavy atom. The fraction of sp³-hybridized carbons (Fsp3) is 0.615. The van der Waals surface area contributed by atoms with Gasteiger partial charge < -0.3 is 5.73 Å². The summed E-state index contributed by atoms with van der Waals surface area (Å²) in [6.07, 6.45) is -1.16. The normalized spacial score (nSPS) is 17.5. The molecule has 0 aromatic carbocycles. The van der Waals surface area contributed by atoms with Crippen LogP contribution < -0.4 is 5.73 Å². The first kappa shape index (κ1) is 15.2. The Morgan fingerprint density at radius 3 is 2.55 bits per heavy atom. The third-order valence-electron chi connectivity index (χ3n) is 3.30. The van der Waals surface area contributed by atoms with Gasteiger partial charge in [-0.25, -0.2) is 4.39 Å². The Balaban J connectivity index is 1.87. The lowest BCUT2D eigenvalue weighted by molar-refractivity contribution is -0.147. The highest BCUT2D eigenvalue weighted by atomic mass is 19.4. The monoisotopic (exact) mass is 291 g/mol. The molecule has 0 bridgehead atoms. The van der Waals surface area contributed by atoms with E-state index in [0.717, 1.165) is 19.0 Å². The maximum Gasteiger partial charge on any atom is 0.401 e. The number of rotatable bonds is 6. The molecule has 7 heteroatoms. The molecule has 1 aliphatic rings. The summed E-state index contributed by atoms with van der Waals surface area (Å²) in [5, 5.41) is 0. The standard InChI is InChI=1S/C13H17F4N3/c14-9-1-4-12(19-7-9)11(18)5-6-20(10-2-3-10)8-13(15,16)17/h1,4,7,10-11H,2-3,5-6,8,18H2. The summed E-state index contributed by atoms with van der Waals surface area (Å²) in [5.41, 5.74) is 6.38. The second-order valence-electron chi connectivity index (χ2n) is 5.11. The number of nitrogens with zero attached hydrogens (tertiary/aromatic N) is 2. The van der Waals surface area contributed by atoms with Gasteiger partial charge in [0.2, 0.25) is 0 Å². The lowest BCUT2D eigenvalue weighted by atomic mass is 10.1. The average Bonchev–Trinajstić information content (AvgIpc) is 3.17. The Labute approximate surface area is 114 Å². The summed E-state index contributed by atoms with van der Waals surface area (Å²) in [6, 6.07) is 2.25. The molecule has 0 radical (unpaired) electrons. The lowest BCUT2D eigenvalue weighted by Gasteiger charge is -2.24. The zero-order valence-electron chi connectivity index (χ0n) is 10.9. The van der Waals surface area contributed by atoms with Crippen molar-refractivity contribution in [3.05, 3.63) is 29.8 Å². The topological polar surface area (TPSA) is 42.1 Å². The molecule has 0 amide bonds. The minimum absolute atomic E-state index is 0.0185. The third kappa shape index (κ3) is 4.72. The largest absolute Gasteiger partial charge is 0.401 e. The number of hydrogen-bond donors (Lipinski definition) is 1. The van der Waals surface area contributed by atoms with E-state index in [1.807, 2.05) is 0 Å². The van der Waals surface area contributed by atoms with Crippen molar-refractivity contribution in [2.45, 2.75) is 37.5 Å². The van der Waals surface area contributed by atoms with E-state index in [9.17, 15) is 17.6 Å². The van der Waals surface area contributed by atoms with Crippen LogP contribution in [-0.4, -0.2) is 35.2 Å². The molecule has 1 unspecified atom stereocenters. The minimum atomic E-state index is -4.19. The molecule has 0 spiro atoms. The molecule has 1 aromatic heterocycles. The van der Waals surface area contributed by atoms with Crippen LogP contribution in [0.25, 0.3) is 0 Å². The summed E-state index contributed by atoms with van der Waals surface area (Å²) in [6.45, 7) is -0.633. The molecule has 2 N–H and O–H groups in total. The number of pyridine rings is 1. The van der Waals surface area contributed by atoms with Crippen LogP contribution in [0, 0.1) is 5.82 Å². The van der Waals surface area contributed by atoms with Crippen molar-refractivity contribution in [1.29, 1.82) is 0 Å². The van der Waals surface area contributed by atoms with Gasteiger partial charge in [-0.1, -0.05) is 0 Å². The average molecular weight is 291 g/mol. The maximum atomic E-state index is 12.7. The molecule has 1 atom stereocenters. The lowest BCUT2D eigenvalue weighted by Crippen LogP contribution is -2.37. The van der Waals surface area contributed by atoms with Crippen LogP contribution in [0.4, 0.5) is 17.6 Å². The quantitative estimate of drug-likeness (QED) is 0.819. The Hall–Kier alpha value is -1.21. The van der Waals surface area contributed by atoms with Crippen molar-refractivity contribution in [2.75, 3.05) is 13.1 Å². The van der Waals surface area contributed by atoms with E-state index < -0.39 is 24.6 Å². The molecular weight excluding hydrogens is 274 g/mol. The van der Waals surface area contributed by atoms with Gasteiger partial charge in [-0.3, -0.25) is 9.88 Å². The summed E-state index contributed by atoms with van der Waals surface area (Å²) in [5.74, 6) is -0.461. The van der Waals surface area contributed by atoms with E-state index in [4.69, 9.17) is 5.73 Å². The summed E-state index contributed by atoms with van der Waals surface area (Å²) >= 11 is 0. The SMILES string of the molecule is NC(CCN(CC(F)(F)F)C1CC1)c1ccc(F)cn1. The molecule has 1 saturated carbocycles. The number of aromatic nitrogens is 1. The molecule has 1 aromatic rings. The molecule has 2 rings (SSSR count). The van der Waals surface area contributed by atoms with Gasteiger partial charge in [0.1, 0.15) is 5.82 Å². The maximum absolute atomic E-state index is 12.7. The van der Waals surface area contributed by atoms with E-state index in [-0.39, 0.29) is 12.6 Å². The second-order valence-corrected chi connectivity index (χ2v) is 5.11. The highest BCUT2D eigenvalue weighted by Crippen LogP contribution is 2.30. The second kappa shape index (κ2) is 6.05. The van der Waals surface area contributed by atoms with E-state index in [0.29, 0.717) is 12.1 Å². The van der Waals surface area contributed by atoms with Crippen LogP contribution in [0.2, 0.25) is 0 Å². The smallest absolute Gasteiger partial charge is 0.323 e. The molecule has 112 valence electrons. The molecule has 20 heavy (non-hydrogen) atoms. The Kier molecular flexibility index (Phi) is 4.59. The van der Waals surface area contributed by atoms with Gasteiger partial charge in [0, 0.05) is 18.6 Å². The highest BCUT2D eigenvalue weighted by Gasteiger charge is 2.37. The van der Waals surface area contributed by atoms with Crippen LogP contribution in [-0.2, 0) is 0 Å². The first-order chi connectivity index (χ1) is 9.35. The van der Waals surface area contributed by atoms with Gasteiger partial charge >= 0.3 is 6.18 Å². The van der Waals surface area contributed by atoms with Crippen LogP contribution >= 0.6 is 0 Å². The van der Waals surface area contributed by atoms with Crippen molar-refractivity contribution in [1.82, 2.24) is 9.88 Å². The van der Waals surface area contributed by atoms with E-state index in [2.05, 4.69) is 4.98 Å². The molecule has 0 saturated heterocycles. The summed E-state index contributed by atoms with van der Waals surface area (Å²) < 4.78 is 50.1. The van der Waals surface area contributed by atoms with Gasteiger partial charge in [-0.05, 0) is 31.4 Å². The van der Waals surface area contributed by atoms with Crippen LogP contribution in [0.15, 0.2) is 18.3 Å². The van der Waals surface area contributed by atoms with Crippen molar-refractivity contribution >= 4 is 0 Å². The molecule has 1 heterocycles. The van der Waals surface area contributed by atoms with Crippen molar-refractivity contribution in [3.63, 3.8) is 0 Å². The first-order valence-corrected chi connectivity index (χ1v) is 6.53. The van der Waals surface area contributed by atoms with Gasteiger partial charge in [0.05, 0.1) is 18.4 Å². The molecule has 3 nitrogen and oxygen atoms in total. The van der Waals surface area contributed by atoms with Crippen LogP contribution in [0.1, 0.15) is 31.0 Å². The zero-order chi connectivity index (χ0) is 14.8. The van der Waals surface area contributed by atoms with E-state index in [1.54, 1.807) is 0 Å². The molecular formula is C13H17F4N3. The van der Waals surface area contributed by atoms with Gasteiger partial charge in [-0.15, -0.1) is 0 Å². The number of halogens is 4. The third-order valence-corrected chi connectivity index (χ3v) is 3.30. The van der Waals surface area contributed by atoms with Gasteiger partial charge in [0.25, 0.3) is 0 Å². The Morgan fingerprint density at radius 1 is 1.35 bits per heavy atom. The van der Waals surface area contributed by atoms with Crippen LogP contribution in [0.3, 0.4) is 0 Å². The Bertz CT molecular complexity index is 428. The molecule has 1 fully saturated rings. The highest BCUT2D eigenvalue weighted by molar-refractivity contribution is 5.09. The van der Waals surface area contributed by atoms with Gasteiger partial charge in [-0.2, -0.15) is 13.2 Å². The summed E-state index contributed by atoms with van der Waals surface area (Å²) in [7, 11) is 0. The number of nitrogens with two attached hydrogens (primary N) is 1. The fourth-order valence-electron chi connectivity index (χ4n) is 2.12. The minimum Gasteiger partial charge on any atom is -0.323 e. The fourth-order valence-corrected chi connectivity index (χ4v) is 2.12. The number of hydrogen-bond acceptors (Lipinski definition) is 3. The molecule has 1 aliphatic carbocycles. The zero-order valence-corrected chi connectivity index (χ0v) is 10.9. The predicted octanol–water partition coefficient (Wildman–Crippen LogP) is 2.64. The van der Waals surface area contributed by atoms with E-state index in [1.165, 1.54) is 17.0 Å². The predicted molar refractivity (Wildman–Crippen MR) is 66.4 cm³/mol.